The van der Waals surface area contributed by atoms with Gasteiger partial charge in [0.05, 0.1) is 0 Å². The van der Waals surface area contributed by atoms with Gasteiger partial charge in [-0.3, -0.25) is 0 Å². The third-order valence-electron chi connectivity index (χ3n) is 5.16. The summed E-state index contributed by atoms with van der Waals surface area (Å²) in [4.78, 5) is 0. The van der Waals surface area contributed by atoms with E-state index < -0.39 is 7.26 Å². The lowest BCUT2D eigenvalue weighted by Crippen LogP contribution is -2.38. The zero-order valence-corrected chi connectivity index (χ0v) is 16.5. The van der Waals surface area contributed by atoms with E-state index in [1.807, 2.05) is 0 Å². The molecule has 0 fully saturated rings. The van der Waals surface area contributed by atoms with E-state index in [0.717, 1.165) is 6.42 Å². The predicted molar refractivity (Wildman–Crippen MR) is 121 cm³/mol. The van der Waals surface area contributed by atoms with Crippen LogP contribution in [0.5, 0.6) is 0 Å². The molecule has 0 atom stereocenters. The summed E-state index contributed by atoms with van der Waals surface area (Å²) in [6, 6.07) is 42.3. The molecule has 1 heteroatoms. The Morgan fingerprint density at radius 2 is 0.778 bits per heavy atom. The quantitative estimate of drug-likeness (QED) is 0.442. The molecular formula is C26H24P+. The fraction of sp³-hybridized carbons (Fsp3) is 0.0769. The number of benzene rings is 4. The molecule has 0 nitrogen and oxygen atoms in total. The second-order valence-corrected chi connectivity index (χ2v) is 10.1. The van der Waals surface area contributed by atoms with Crippen molar-refractivity contribution in [3.05, 3.63) is 121 Å². The highest BCUT2D eigenvalue weighted by Crippen LogP contribution is 2.54. The number of aryl methyl sites for hydroxylation is 1. The standard InChI is InChI=1S/C26H24P/c1-2-22-18-20-26(21-19-22)27(23-12-6-3-7-13-23,24-14-8-4-9-15-24)25-16-10-5-11-17-25/h3-21H,2H2,1H3/q+1. The van der Waals surface area contributed by atoms with Crippen LogP contribution < -0.4 is 21.2 Å². The molecule has 0 bridgehead atoms. The molecule has 0 aromatic heterocycles. The van der Waals surface area contributed by atoms with Crippen molar-refractivity contribution in [2.24, 2.45) is 0 Å². The molecule has 0 heterocycles. The smallest absolute Gasteiger partial charge is 0.0620 e. The molecule has 132 valence electrons. The van der Waals surface area contributed by atoms with Gasteiger partial charge < -0.3 is 0 Å². The molecule has 0 aliphatic carbocycles. The Hall–Kier alpha value is -2.69. The van der Waals surface area contributed by atoms with E-state index in [1.165, 1.54) is 26.8 Å². The maximum absolute atomic E-state index is 2.35. The van der Waals surface area contributed by atoms with E-state index in [4.69, 9.17) is 0 Å². The average molecular weight is 367 g/mol. The van der Waals surface area contributed by atoms with Crippen LogP contribution in [0, 0.1) is 0 Å². The molecule has 4 aromatic carbocycles. The Balaban J connectivity index is 2.09. The molecule has 0 radical (unpaired) electrons. The Morgan fingerprint density at radius 1 is 0.444 bits per heavy atom. The summed E-state index contributed by atoms with van der Waals surface area (Å²) in [6.45, 7) is 2.21. The first kappa shape index (κ1) is 17.7. The normalized spacial score (nSPS) is 11.3. The average Bonchev–Trinajstić information content (AvgIpc) is 2.77. The molecule has 0 saturated carbocycles. The van der Waals surface area contributed by atoms with Crippen molar-refractivity contribution < 1.29 is 0 Å². The molecule has 0 aliphatic rings. The minimum atomic E-state index is -1.94. The molecule has 0 spiro atoms. The van der Waals surface area contributed by atoms with Crippen LogP contribution in [0.25, 0.3) is 0 Å². The van der Waals surface area contributed by atoms with Crippen molar-refractivity contribution in [1.82, 2.24) is 0 Å². The Kier molecular flexibility index (Phi) is 5.19. The van der Waals surface area contributed by atoms with Gasteiger partial charge in [-0.2, -0.15) is 0 Å². The van der Waals surface area contributed by atoms with E-state index >= 15 is 0 Å². The lowest BCUT2D eigenvalue weighted by Gasteiger charge is -2.27. The van der Waals surface area contributed by atoms with Crippen LogP contribution >= 0.6 is 7.26 Å². The lowest BCUT2D eigenvalue weighted by atomic mass is 10.2. The van der Waals surface area contributed by atoms with E-state index in [0.29, 0.717) is 0 Å². The van der Waals surface area contributed by atoms with Crippen LogP contribution in [-0.4, -0.2) is 0 Å². The number of hydrogen-bond acceptors (Lipinski definition) is 0. The van der Waals surface area contributed by atoms with Crippen molar-refractivity contribution in [2.45, 2.75) is 13.3 Å². The van der Waals surface area contributed by atoms with Gasteiger partial charge in [-0.25, -0.2) is 0 Å². The van der Waals surface area contributed by atoms with Crippen molar-refractivity contribution in [3.8, 4) is 0 Å². The van der Waals surface area contributed by atoms with Gasteiger partial charge in [0, 0.05) is 0 Å². The number of rotatable bonds is 5. The molecule has 0 saturated heterocycles. The van der Waals surface area contributed by atoms with Crippen molar-refractivity contribution in [3.63, 3.8) is 0 Å². The van der Waals surface area contributed by atoms with E-state index in [-0.39, 0.29) is 0 Å². The third-order valence-corrected chi connectivity index (χ3v) is 9.45. The summed E-state index contributed by atoms with van der Waals surface area (Å²) in [5.41, 5.74) is 1.38. The van der Waals surface area contributed by atoms with Crippen LogP contribution in [0.3, 0.4) is 0 Å². The monoisotopic (exact) mass is 367 g/mol. The van der Waals surface area contributed by atoms with E-state index in [1.54, 1.807) is 0 Å². The Bertz CT molecular complexity index is 878. The predicted octanol–water partition coefficient (Wildman–Crippen LogP) is 4.87. The summed E-state index contributed by atoms with van der Waals surface area (Å²) < 4.78 is 0. The maximum Gasteiger partial charge on any atom is 0.144 e. The fourth-order valence-corrected chi connectivity index (χ4v) is 8.05. The topological polar surface area (TPSA) is 0 Å². The molecule has 0 amide bonds. The summed E-state index contributed by atoms with van der Waals surface area (Å²) in [7, 11) is -1.94. The highest BCUT2D eigenvalue weighted by Gasteiger charge is 2.47. The van der Waals surface area contributed by atoms with Crippen LogP contribution in [0.1, 0.15) is 12.5 Å². The van der Waals surface area contributed by atoms with Crippen LogP contribution in [0.15, 0.2) is 115 Å². The van der Waals surface area contributed by atoms with Crippen LogP contribution in [0.4, 0.5) is 0 Å². The Labute approximate surface area is 162 Å². The van der Waals surface area contributed by atoms with Gasteiger partial charge >= 0.3 is 0 Å². The first-order valence-corrected chi connectivity index (χ1v) is 11.3. The van der Waals surface area contributed by atoms with Gasteiger partial charge in [-0.05, 0) is 60.5 Å². The minimum Gasteiger partial charge on any atom is -0.0620 e. The van der Waals surface area contributed by atoms with Gasteiger partial charge in [0.2, 0.25) is 0 Å². The second kappa shape index (κ2) is 7.91. The zero-order chi connectivity index (χ0) is 18.5. The summed E-state index contributed by atoms with van der Waals surface area (Å²) in [5, 5.41) is 5.59. The first-order chi connectivity index (χ1) is 13.4. The minimum absolute atomic E-state index is 1.06. The molecule has 4 rings (SSSR count). The van der Waals surface area contributed by atoms with Crippen LogP contribution in [-0.2, 0) is 6.42 Å². The van der Waals surface area contributed by atoms with Crippen molar-refractivity contribution in [2.75, 3.05) is 0 Å². The van der Waals surface area contributed by atoms with E-state index in [9.17, 15) is 0 Å². The highest BCUT2D eigenvalue weighted by molar-refractivity contribution is 8.01. The van der Waals surface area contributed by atoms with Gasteiger partial charge in [0.1, 0.15) is 28.5 Å². The molecule has 0 unspecified atom stereocenters. The molecule has 0 aliphatic heterocycles. The van der Waals surface area contributed by atoms with Gasteiger partial charge in [0.25, 0.3) is 0 Å². The van der Waals surface area contributed by atoms with Crippen molar-refractivity contribution >= 4 is 28.5 Å². The summed E-state index contributed by atoms with van der Waals surface area (Å²) in [5.74, 6) is 0. The van der Waals surface area contributed by atoms with Gasteiger partial charge in [-0.1, -0.05) is 73.7 Å². The maximum atomic E-state index is 2.35. The first-order valence-electron chi connectivity index (χ1n) is 9.51. The molecular weight excluding hydrogens is 343 g/mol. The van der Waals surface area contributed by atoms with Crippen LogP contribution in [0.2, 0.25) is 0 Å². The molecule has 4 aromatic rings. The summed E-state index contributed by atoms with van der Waals surface area (Å²) in [6.07, 6.45) is 1.06. The molecule has 27 heavy (non-hydrogen) atoms. The Morgan fingerprint density at radius 3 is 1.11 bits per heavy atom. The lowest BCUT2D eigenvalue weighted by molar-refractivity contribution is 1.14. The van der Waals surface area contributed by atoms with Gasteiger partial charge in [-0.15, -0.1) is 0 Å². The molecule has 0 N–H and O–H groups in total. The third kappa shape index (κ3) is 3.22. The number of hydrogen-bond donors (Lipinski definition) is 0. The second-order valence-electron chi connectivity index (χ2n) is 6.70. The van der Waals surface area contributed by atoms with Crippen molar-refractivity contribution in [1.29, 1.82) is 0 Å². The SMILES string of the molecule is CCc1ccc([P+](c2ccccc2)(c2ccccc2)c2ccccc2)cc1. The van der Waals surface area contributed by atoms with Gasteiger partial charge in [0.15, 0.2) is 0 Å². The fourth-order valence-electron chi connectivity index (χ4n) is 3.80. The zero-order valence-electron chi connectivity index (χ0n) is 15.6. The largest absolute Gasteiger partial charge is 0.144 e. The van der Waals surface area contributed by atoms with E-state index in [2.05, 4.69) is 122 Å². The summed E-state index contributed by atoms with van der Waals surface area (Å²) >= 11 is 0. The highest BCUT2D eigenvalue weighted by atomic mass is 31.2.